The molecule has 1 aliphatic rings. The van der Waals surface area contributed by atoms with Gasteiger partial charge in [-0.3, -0.25) is 14.5 Å². The number of nitrogens with zero attached hydrogens (tertiary/aromatic N) is 1. The summed E-state index contributed by atoms with van der Waals surface area (Å²) in [6.07, 6.45) is 0. The first-order valence-electron chi connectivity index (χ1n) is 9.17. The van der Waals surface area contributed by atoms with Crippen molar-refractivity contribution in [3.8, 4) is 0 Å². The molecule has 3 aromatic rings. The normalized spacial score (nSPS) is 18.3. The van der Waals surface area contributed by atoms with Crippen molar-refractivity contribution in [1.82, 2.24) is 0 Å². The minimum atomic E-state index is -0.948. The van der Waals surface area contributed by atoms with Gasteiger partial charge in [0.25, 0.3) is 11.7 Å². The quantitative estimate of drug-likeness (QED) is 0.315. The van der Waals surface area contributed by atoms with E-state index in [1.54, 1.807) is 55.5 Å². The molecule has 1 N–H and O–H groups in total. The highest BCUT2D eigenvalue weighted by Crippen LogP contribution is 2.43. The van der Waals surface area contributed by atoms with E-state index in [1.165, 1.54) is 11.0 Å². The minimum Gasteiger partial charge on any atom is -0.507 e. The number of hydrogen-bond acceptors (Lipinski definition) is 4. The second-order valence-corrected chi connectivity index (χ2v) is 7.90. The highest BCUT2D eigenvalue weighted by Gasteiger charge is 2.48. The fourth-order valence-electron chi connectivity index (χ4n) is 3.49. The molecule has 1 unspecified atom stereocenters. The molecule has 1 aromatic heterocycles. The number of carbonyl (C=O) groups is 2. The van der Waals surface area contributed by atoms with Crippen LogP contribution in [0.2, 0.25) is 10.0 Å². The van der Waals surface area contributed by atoms with E-state index in [4.69, 9.17) is 27.6 Å². The van der Waals surface area contributed by atoms with Crippen molar-refractivity contribution in [3.63, 3.8) is 0 Å². The number of ketones is 1. The second-order valence-electron chi connectivity index (χ2n) is 7.06. The third kappa shape index (κ3) is 3.40. The van der Waals surface area contributed by atoms with Gasteiger partial charge >= 0.3 is 0 Å². The molecule has 0 bridgehead atoms. The highest BCUT2D eigenvalue weighted by atomic mass is 35.5. The predicted molar refractivity (Wildman–Crippen MR) is 116 cm³/mol. The summed E-state index contributed by atoms with van der Waals surface area (Å²) in [5.74, 6) is -0.955. The molecule has 1 atom stereocenters. The Morgan fingerprint density at radius 1 is 1.03 bits per heavy atom. The van der Waals surface area contributed by atoms with Gasteiger partial charge in [0.2, 0.25) is 0 Å². The maximum Gasteiger partial charge on any atom is 0.300 e. The number of anilines is 1. The van der Waals surface area contributed by atoms with Gasteiger partial charge < -0.3 is 9.52 Å². The molecule has 2 aromatic carbocycles. The van der Waals surface area contributed by atoms with Gasteiger partial charge in [0.15, 0.2) is 0 Å². The third-order valence-corrected chi connectivity index (χ3v) is 5.65. The van der Waals surface area contributed by atoms with Crippen LogP contribution in [-0.2, 0) is 9.59 Å². The third-order valence-electron chi connectivity index (χ3n) is 5.01. The van der Waals surface area contributed by atoms with E-state index in [2.05, 4.69) is 0 Å². The number of furan rings is 1. The van der Waals surface area contributed by atoms with Gasteiger partial charge in [0.1, 0.15) is 23.3 Å². The molecule has 1 fully saturated rings. The highest BCUT2D eigenvalue weighted by molar-refractivity contribution is 6.51. The van der Waals surface area contributed by atoms with E-state index in [1.807, 2.05) is 6.92 Å². The lowest BCUT2D eigenvalue weighted by Gasteiger charge is -2.24. The lowest BCUT2D eigenvalue weighted by Crippen LogP contribution is -2.29. The van der Waals surface area contributed by atoms with Crippen LogP contribution < -0.4 is 4.90 Å². The van der Waals surface area contributed by atoms with Crippen LogP contribution in [0.1, 0.15) is 28.7 Å². The maximum atomic E-state index is 13.0. The minimum absolute atomic E-state index is 0.0756. The van der Waals surface area contributed by atoms with Gasteiger partial charge in [0.05, 0.1) is 5.57 Å². The summed E-state index contributed by atoms with van der Waals surface area (Å²) in [6, 6.07) is 14.0. The molecular formula is C23H17Cl2NO4. The van der Waals surface area contributed by atoms with Crippen molar-refractivity contribution in [1.29, 1.82) is 0 Å². The Kier molecular flexibility index (Phi) is 5.18. The van der Waals surface area contributed by atoms with Crippen molar-refractivity contribution in [2.45, 2.75) is 19.9 Å². The Hall–Kier alpha value is -3.02. The van der Waals surface area contributed by atoms with Gasteiger partial charge in [-0.25, -0.2) is 0 Å². The molecule has 7 heteroatoms. The summed E-state index contributed by atoms with van der Waals surface area (Å²) < 4.78 is 5.76. The number of aliphatic hydroxyl groups is 1. The first-order valence-corrected chi connectivity index (χ1v) is 9.93. The number of carbonyl (C=O) groups excluding carboxylic acids is 2. The summed E-state index contributed by atoms with van der Waals surface area (Å²) in [5, 5.41) is 11.8. The molecule has 0 saturated carbocycles. The van der Waals surface area contributed by atoms with Crippen LogP contribution in [0.4, 0.5) is 5.69 Å². The monoisotopic (exact) mass is 441 g/mol. The fourth-order valence-corrected chi connectivity index (χ4v) is 3.86. The predicted octanol–water partition coefficient (Wildman–Crippen LogP) is 5.83. The van der Waals surface area contributed by atoms with E-state index in [0.29, 0.717) is 32.8 Å². The molecule has 1 aliphatic heterocycles. The number of amides is 1. The van der Waals surface area contributed by atoms with Crippen LogP contribution in [0.15, 0.2) is 64.6 Å². The summed E-state index contributed by atoms with van der Waals surface area (Å²) in [4.78, 5) is 27.3. The fraction of sp³-hybridized carbons (Fsp3) is 0.130. The SMILES string of the molecule is Cc1ccc(C2/C(=C(/O)c3cccc(Cl)c3)C(=O)C(=O)N2c2ccc(C)c(Cl)c2)o1. The van der Waals surface area contributed by atoms with Crippen LogP contribution in [-0.4, -0.2) is 16.8 Å². The smallest absolute Gasteiger partial charge is 0.300 e. The zero-order chi connectivity index (χ0) is 21.6. The number of rotatable bonds is 3. The number of aryl methyl sites for hydroxylation is 2. The second kappa shape index (κ2) is 7.67. The maximum absolute atomic E-state index is 13.0. The van der Waals surface area contributed by atoms with Crippen molar-refractivity contribution < 1.29 is 19.1 Å². The summed E-state index contributed by atoms with van der Waals surface area (Å²) in [7, 11) is 0. The standard InChI is InChI=1S/C23H17Cl2NO4/c1-12-6-8-16(11-17(12)25)26-20(18-9-7-13(2)30-18)19(22(28)23(26)29)21(27)14-4-3-5-15(24)10-14/h3-11,20,27H,1-2H3/b21-19-. The van der Waals surface area contributed by atoms with E-state index >= 15 is 0 Å². The lowest BCUT2D eigenvalue weighted by atomic mass is 9.99. The van der Waals surface area contributed by atoms with Gasteiger partial charge in [-0.05, 0) is 55.8 Å². The molecule has 1 amide bonds. The lowest BCUT2D eigenvalue weighted by molar-refractivity contribution is -0.132. The van der Waals surface area contributed by atoms with E-state index in [9.17, 15) is 14.7 Å². The molecule has 30 heavy (non-hydrogen) atoms. The molecule has 0 radical (unpaired) electrons. The number of Topliss-reactive ketones (excluding diaryl/α,β-unsaturated/α-hetero) is 1. The zero-order valence-electron chi connectivity index (χ0n) is 16.1. The van der Waals surface area contributed by atoms with Gasteiger partial charge in [0, 0.05) is 21.3 Å². The van der Waals surface area contributed by atoms with Crippen molar-refractivity contribution in [3.05, 3.63) is 92.9 Å². The number of benzene rings is 2. The van der Waals surface area contributed by atoms with Crippen LogP contribution in [0.3, 0.4) is 0 Å². The van der Waals surface area contributed by atoms with Crippen LogP contribution >= 0.6 is 23.2 Å². The topological polar surface area (TPSA) is 70.8 Å². The number of halogens is 2. The molecule has 4 rings (SSSR count). The Balaban J connectivity index is 1.95. The summed E-state index contributed by atoms with van der Waals surface area (Å²) in [5.41, 5.74) is 1.52. The van der Waals surface area contributed by atoms with Crippen molar-refractivity contribution >= 4 is 46.3 Å². The van der Waals surface area contributed by atoms with Crippen LogP contribution in [0, 0.1) is 13.8 Å². The van der Waals surface area contributed by atoms with Crippen LogP contribution in [0.25, 0.3) is 5.76 Å². The molecule has 0 aliphatic carbocycles. The van der Waals surface area contributed by atoms with Gasteiger partial charge in [-0.15, -0.1) is 0 Å². The molecule has 1 saturated heterocycles. The van der Waals surface area contributed by atoms with Crippen molar-refractivity contribution in [2.75, 3.05) is 4.90 Å². The Labute approximate surface area is 183 Å². The zero-order valence-corrected chi connectivity index (χ0v) is 17.7. The first-order chi connectivity index (χ1) is 14.3. The number of hydrogen-bond donors (Lipinski definition) is 1. The molecule has 5 nitrogen and oxygen atoms in total. The van der Waals surface area contributed by atoms with E-state index < -0.39 is 17.7 Å². The first kappa shape index (κ1) is 20.3. The average molecular weight is 442 g/mol. The molecule has 152 valence electrons. The molecule has 0 spiro atoms. The van der Waals surface area contributed by atoms with Crippen LogP contribution in [0.5, 0.6) is 0 Å². The Morgan fingerprint density at radius 2 is 1.80 bits per heavy atom. The summed E-state index contributed by atoms with van der Waals surface area (Å²) >= 11 is 12.3. The Morgan fingerprint density at radius 3 is 2.43 bits per heavy atom. The van der Waals surface area contributed by atoms with E-state index in [0.717, 1.165) is 5.56 Å². The summed E-state index contributed by atoms with van der Waals surface area (Å²) in [6.45, 7) is 3.60. The molecule has 2 heterocycles. The van der Waals surface area contributed by atoms with Gasteiger partial charge in [-0.2, -0.15) is 0 Å². The largest absolute Gasteiger partial charge is 0.507 e. The number of aliphatic hydroxyl groups excluding tert-OH is 1. The van der Waals surface area contributed by atoms with E-state index in [-0.39, 0.29) is 11.3 Å². The van der Waals surface area contributed by atoms with Crippen molar-refractivity contribution in [2.24, 2.45) is 0 Å². The average Bonchev–Trinajstić information content (AvgIpc) is 3.25. The Bertz CT molecular complexity index is 1210. The molecular weight excluding hydrogens is 425 g/mol. The van der Waals surface area contributed by atoms with Gasteiger partial charge in [-0.1, -0.05) is 41.4 Å².